The van der Waals surface area contributed by atoms with Crippen molar-refractivity contribution in [3.63, 3.8) is 0 Å². The van der Waals surface area contributed by atoms with E-state index in [4.69, 9.17) is 10.00 Å². The predicted octanol–water partition coefficient (Wildman–Crippen LogP) is 5.83. The van der Waals surface area contributed by atoms with Gasteiger partial charge in [-0.1, -0.05) is 66.7 Å². The number of nitrogens with zero attached hydrogens (tertiary/aromatic N) is 1. The molecular weight excluding hydrogens is 403 g/mol. The van der Waals surface area contributed by atoms with E-state index < -0.39 is 6.09 Å². The maximum absolute atomic E-state index is 13.5. The summed E-state index contributed by atoms with van der Waals surface area (Å²) in [5, 5.41) is 11.6. The number of nitrogens with one attached hydrogen (secondary N) is 1. The highest BCUT2D eigenvalue weighted by Gasteiger charge is 2.28. The molecule has 0 aliphatic heterocycles. The third kappa shape index (κ3) is 4.70. The van der Waals surface area contributed by atoms with Gasteiger partial charge in [0.2, 0.25) is 0 Å². The summed E-state index contributed by atoms with van der Waals surface area (Å²) in [6.07, 6.45) is 3.94. The smallest absolute Gasteiger partial charge is 0.407 e. The summed E-state index contributed by atoms with van der Waals surface area (Å²) >= 11 is 0. The second-order valence-corrected chi connectivity index (χ2v) is 7.62. The average Bonchev–Trinajstić information content (AvgIpc) is 3.13. The number of nitriles is 1. The summed E-state index contributed by atoms with van der Waals surface area (Å²) in [4.78, 5) is 12.2. The van der Waals surface area contributed by atoms with Crippen molar-refractivity contribution in [3.8, 4) is 17.2 Å². The van der Waals surface area contributed by atoms with Crippen molar-refractivity contribution in [2.75, 3.05) is 13.2 Å². The molecule has 0 spiro atoms. The lowest BCUT2D eigenvalue weighted by Crippen LogP contribution is -2.26. The fourth-order valence-electron chi connectivity index (χ4n) is 4.08. The molecule has 32 heavy (non-hydrogen) atoms. The van der Waals surface area contributed by atoms with Crippen LogP contribution in [0.4, 0.5) is 9.18 Å². The lowest BCUT2D eigenvalue weighted by atomic mass is 9.98. The van der Waals surface area contributed by atoms with Gasteiger partial charge in [0.05, 0.1) is 12.5 Å². The maximum Gasteiger partial charge on any atom is 0.407 e. The molecule has 1 aliphatic carbocycles. The Labute approximate surface area is 187 Å². The number of carbonyl (C=O) groups excluding carboxylic acids is 1. The largest absolute Gasteiger partial charge is 0.449 e. The average molecular weight is 426 g/mol. The molecule has 0 atom stereocenters. The highest BCUT2D eigenvalue weighted by molar-refractivity contribution is 5.79. The van der Waals surface area contributed by atoms with Gasteiger partial charge in [0.25, 0.3) is 0 Å². The number of rotatable bonds is 7. The molecule has 4 rings (SSSR count). The number of amides is 1. The van der Waals surface area contributed by atoms with Crippen LogP contribution in [0.3, 0.4) is 0 Å². The van der Waals surface area contributed by atoms with E-state index in [9.17, 15) is 9.18 Å². The van der Waals surface area contributed by atoms with Crippen molar-refractivity contribution in [1.29, 1.82) is 5.26 Å². The predicted molar refractivity (Wildman–Crippen MR) is 122 cm³/mol. The van der Waals surface area contributed by atoms with E-state index in [1.165, 1.54) is 34.4 Å². The van der Waals surface area contributed by atoms with Gasteiger partial charge >= 0.3 is 6.09 Å². The number of benzene rings is 3. The Morgan fingerprint density at radius 1 is 1.06 bits per heavy atom. The Balaban J connectivity index is 1.28. The molecule has 0 saturated heterocycles. The zero-order valence-electron chi connectivity index (χ0n) is 17.6. The SMILES string of the molecule is N#CCc1ccc(F)cc1C=CCCNC(=O)OCC1c2ccccc2-c2ccccc21. The molecular formula is C27H23FN2O2. The Bertz CT molecular complexity index is 1150. The Kier molecular flexibility index (Phi) is 6.62. The van der Waals surface area contributed by atoms with Crippen LogP contribution in [-0.2, 0) is 11.2 Å². The number of hydrogen-bond acceptors (Lipinski definition) is 3. The van der Waals surface area contributed by atoms with Crippen LogP contribution in [0.5, 0.6) is 0 Å². The Hall–Kier alpha value is -3.91. The normalized spacial score (nSPS) is 12.2. The molecule has 4 nitrogen and oxygen atoms in total. The third-order valence-corrected chi connectivity index (χ3v) is 5.60. The van der Waals surface area contributed by atoms with Crippen LogP contribution in [0, 0.1) is 17.1 Å². The number of fused-ring (bicyclic) bond motifs is 3. The van der Waals surface area contributed by atoms with Crippen molar-refractivity contribution in [1.82, 2.24) is 5.32 Å². The fourth-order valence-corrected chi connectivity index (χ4v) is 4.08. The minimum Gasteiger partial charge on any atom is -0.449 e. The quantitative estimate of drug-likeness (QED) is 0.483. The molecule has 1 N–H and O–H groups in total. The van der Waals surface area contributed by atoms with Gasteiger partial charge in [-0.3, -0.25) is 0 Å². The summed E-state index contributed by atoms with van der Waals surface area (Å²) in [6, 6.07) is 22.9. The van der Waals surface area contributed by atoms with Crippen molar-refractivity contribution in [3.05, 3.63) is 101 Å². The van der Waals surface area contributed by atoms with Gasteiger partial charge in [0.15, 0.2) is 0 Å². The van der Waals surface area contributed by atoms with Crippen molar-refractivity contribution in [2.24, 2.45) is 0 Å². The van der Waals surface area contributed by atoms with E-state index in [0.717, 1.165) is 5.56 Å². The minimum absolute atomic E-state index is 0.0274. The molecule has 0 fully saturated rings. The zero-order valence-corrected chi connectivity index (χ0v) is 17.6. The number of halogens is 1. The third-order valence-electron chi connectivity index (χ3n) is 5.60. The second-order valence-electron chi connectivity index (χ2n) is 7.62. The Morgan fingerprint density at radius 3 is 2.44 bits per heavy atom. The van der Waals surface area contributed by atoms with Gasteiger partial charge < -0.3 is 10.1 Å². The first-order chi connectivity index (χ1) is 15.7. The van der Waals surface area contributed by atoms with Crippen LogP contribution in [0.25, 0.3) is 17.2 Å². The summed E-state index contributed by atoms with van der Waals surface area (Å²) in [7, 11) is 0. The number of carbonyl (C=O) groups is 1. The van der Waals surface area contributed by atoms with Gasteiger partial charge in [-0.15, -0.1) is 0 Å². The maximum atomic E-state index is 13.5. The lowest BCUT2D eigenvalue weighted by Gasteiger charge is -2.14. The van der Waals surface area contributed by atoms with Crippen molar-refractivity contribution in [2.45, 2.75) is 18.8 Å². The van der Waals surface area contributed by atoms with Gasteiger partial charge in [-0.05, 0) is 51.9 Å². The molecule has 160 valence electrons. The van der Waals surface area contributed by atoms with Crippen LogP contribution in [0.1, 0.15) is 34.6 Å². The first kappa shape index (κ1) is 21.3. The molecule has 0 saturated carbocycles. The van der Waals surface area contributed by atoms with E-state index >= 15 is 0 Å². The Morgan fingerprint density at radius 2 is 1.75 bits per heavy atom. The monoisotopic (exact) mass is 426 g/mol. The zero-order chi connectivity index (χ0) is 22.3. The van der Waals surface area contributed by atoms with Crippen LogP contribution in [-0.4, -0.2) is 19.2 Å². The van der Waals surface area contributed by atoms with Crippen LogP contribution < -0.4 is 5.32 Å². The van der Waals surface area contributed by atoms with Gasteiger partial charge in [-0.2, -0.15) is 5.26 Å². The van der Waals surface area contributed by atoms with Crippen molar-refractivity contribution >= 4 is 12.2 Å². The van der Waals surface area contributed by atoms with Gasteiger partial charge in [0, 0.05) is 12.5 Å². The van der Waals surface area contributed by atoms with E-state index in [-0.39, 0.29) is 24.8 Å². The van der Waals surface area contributed by atoms with E-state index in [2.05, 4.69) is 35.7 Å². The van der Waals surface area contributed by atoms with E-state index in [1.807, 2.05) is 30.3 Å². The molecule has 3 aromatic carbocycles. The first-order valence-electron chi connectivity index (χ1n) is 10.6. The minimum atomic E-state index is -0.462. The number of ether oxygens (including phenoxy) is 1. The van der Waals surface area contributed by atoms with Gasteiger partial charge in [-0.25, -0.2) is 9.18 Å². The molecule has 1 aliphatic rings. The molecule has 0 bridgehead atoms. The highest BCUT2D eigenvalue weighted by Crippen LogP contribution is 2.44. The summed E-state index contributed by atoms with van der Waals surface area (Å²) in [5.74, 6) is -0.317. The lowest BCUT2D eigenvalue weighted by molar-refractivity contribution is 0.143. The molecule has 3 aromatic rings. The summed E-state index contributed by atoms with van der Waals surface area (Å²) in [5.41, 5.74) is 6.17. The number of hydrogen-bond donors (Lipinski definition) is 1. The number of alkyl carbamates (subject to hydrolysis) is 1. The van der Waals surface area contributed by atoms with Crippen LogP contribution in [0.15, 0.2) is 72.8 Å². The second kappa shape index (κ2) is 9.93. The summed E-state index contributed by atoms with van der Waals surface area (Å²) < 4.78 is 19.0. The highest BCUT2D eigenvalue weighted by atomic mass is 19.1. The van der Waals surface area contributed by atoms with E-state index in [1.54, 1.807) is 12.1 Å². The summed E-state index contributed by atoms with van der Waals surface area (Å²) in [6.45, 7) is 0.673. The van der Waals surface area contributed by atoms with Crippen LogP contribution >= 0.6 is 0 Å². The first-order valence-corrected chi connectivity index (χ1v) is 10.6. The topological polar surface area (TPSA) is 62.1 Å². The van der Waals surface area contributed by atoms with Crippen molar-refractivity contribution < 1.29 is 13.9 Å². The van der Waals surface area contributed by atoms with E-state index in [0.29, 0.717) is 18.5 Å². The molecule has 0 unspecified atom stereocenters. The van der Waals surface area contributed by atoms with Gasteiger partial charge in [0.1, 0.15) is 12.4 Å². The molecule has 1 amide bonds. The molecule has 0 aromatic heterocycles. The molecule has 0 radical (unpaired) electrons. The molecule has 5 heteroatoms. The molecule has 0 heterocycles. The van der Waals surface area contributed by atoms with Crippen LogP contribution in [0.2, 0.25) is 0 Å². The fraction of sp³-hybridized carbons (Fsp3) is 0.185. The standard InChI is InChI=1S/C27H23FN2O2/c28-21-13-12-19(14-15-29)20(17-21)7-5-6-16-30-27(31)32-18-26-24-10-3-1-8-22(24)23-9-2-4-11-25(23)26/h1-5,7-13,17,26H,6,14,16,18H2,(H,30,31).